The van der Waals surface area contributed by atoms with E-state index in [4.69, 9.17) is 0 Å². The molecule has 0 unspecified atom stereocenters. The molecule has 0 spiro atoms. The zero-order valence-electron chi connectivity index (χ0n) is 25.8. The number of carbonyl (C=O) groups is 1. The van der Waals surface area contributed by atoms with Gasteiger partial charge in [0, 0.05) is 37.5 Å². The Bertz CT molecular complexity index is 1430. The first-order valence-corrected chi connectivity index (χ1v) is 14.8. The van der Waals surface area contributed by atoms with Crippen molar-refractivity contribution < 1.29 is 4.79 Å². The molecular weight excluding hydrogens is 516 g/mol. The lowest BCUT2D eigenvalue weighted by atomic mass is 9.72. The number of benzene rings is 1. The number of carbonyl (C=O) groups excluding carboxylic acids is 1. The van der Waals surface area contributed by atoms with E-state index in [1.807, 2.05) is 86.5 Å². The first-order valence-electron chi connectivity index (χ1n) is 14.8. The van der Waals surface area contributed by atoms with Crippen LogP contribution >= 0.6 is 0 Å². The molecule has 1 aromatic carbocycles. The van der Waals surface area contributed by atoms with Crippen LogP contribution in [0.2, 0.25) is 0 Å². The van der Waals surface area contributed by atoms with Gasteiger partial charge in [-0.2, -0.15) is 5.26 Å². The molecule has 42 heavy (non-hydrogen) atoms. The van der Waals surface area contributed by atoms with E-state index in [2.05, 4.69) is 59.0 Å². The van der Waals surface area contributed by atoms with Crippen LogP contribution in [0.15, 0.2) is 113 Å². The van der Waals surface area contributed by atoms with Gasteiger partial charge in [0.2, 0.25) is 5.91 Å². The van der Waals surface area contributed by atoms with E-state index >= 15 is 0 Å². The van der Waals surface area contributed by atoms with Gasteiger partial charge >= 0.3 is 0 Å². The van der Waals surface area contributed by atoms with E-state index in [-0.39, 0.29) is 11.3 Å². The molecule has 0 atom stereocenters. The van der Waals surface area contributed by atoms with Gasteiger partial charge in [0.05, 0.1) is 17.3 Å². The molecule has 0 bridgehead atoms. The largest absolute Gasteiger partial charge is 0.309 e. The van der Waals surface area contributed by atoms with Gasteiger partial charge < -0.3 is 4.90 Å². The molecule has 1 saturated heterocycles. The summed E-state index contributed by atoms with van der Waals surface area (Å²) in [6.07, 6.45) is 26.6. The van der Waals surface area contributed by atoms with Crippen molar-refractivity contribution >= 4 is 17.8 Å². The van der Waals surface area contributed by atoms with E-state index < -0.39 is 0 Å². The molecule has 5 heteroatoms. The first kappa shape index (κ1) is 32.3. The van der Waals surface area contributed by atoms with Crippen molar-refractivity contribution in [3.8, 4) is 6.07 Å². The second kappa shape index (κ2) is 16.3. The minimum absolute atomic E-state index is 0.0385. The Labute approximate surface area is 252 Å². The highest BCUT2D eigenvalue weighted by atomic mass is 16.2. The van der Waals surface area contributed by atoms with E-state index in [1.54, 1.807) is 6.92 Å². The molecule has 2 aliphatic rings. The van der Waals surface area contributed by atoms with Crippen LogP contribution in [0.5, 0.6) is 0 Å². The van der Waals surface area contributed by atoms with Gasteiger partial charge in [-0.1, -0.05) is 61.6 Å². The average Bonchev–Trinajstić information content (AvgIpc) is 3.29. The number of hydrogen-bond donors (Lipinski definition) is 0. The Morgan fingerprint density at radius 3 is 2.60 bits per heavy atom. The van der Waals surface area contributed by atoms with Crippen LogP contribution in [0.25, 0.3) is 0 Å². The van der Waals surface area contributed by atoms with Crippen LogP contribution in [-0.2, 0) is 10.2 Å². The summed E-state index contributed by atoms with van der Waals surface area (Å²) in [5.74, 6) is -0.0385. The Morgan fingerprint density at radius 1 is 1.14 bits per heavy atom. The molecule has 1 aliphatic carbocycles. The summed E-state index contributed by atoms with van der Waals surface area (Å²) in [7, 11) is 0. The van der Waals surface area contributed by atoms with E-state index in [0.717, 1.165) is 61.4 Å². The molecule has 0 radical (unpaired) electrons. The smallest absolute Gasteiger partial charge is 0.224 e. The highest BCUT2D eigenvalue weighted by molar-refractivity contribution is 5.93. The number of nitriles is 1. The van der Waals surface area contributed by atoms with Gasteiger partial charge in [-0.15, -0.1) is 5.73 Å². The summed E-state index contributed by atoms with van der Waals surface area (Å²) in [4.78, 5) is 21.8. The third-order valence-corrected chi connectivity index (χ3v) is 7.94. The van der Waals surface area contributed by atoms with Crippen molar-refractivity contribution in [2.24, 2.45) is 4.99 Å². The van der Waals surface area contributed by atoms with Gasteiger partial charge in [-0.25, -0.2) is 0 Å². The number of nitrogens with zero attached hydrogens (tertiary/aromatic N) is 4. The fourth-order valence-electron chi connectivity index (χ4n) is 5.44. The Hall–Kier alpha value is -4.23. The van der Waals surface area contributed by atoms with Crippen LogP contribution in [0, 0.1) is 11.3 Å². The number of amides is 1. The lowest BCUT2D eigenvalue weighted by Crippen LogP contribution is -2.43. The lowest BCUT2D eigenvalue weighted by molar-refractivity contribution is -0.116. The number of anilines is 1. The van der Waals surface area contributed by atoms with E-state index in [0.29, 0.717) is 12.1 Å². The fraction of sp³-hybridized carbons (Fsp3) is 0.351. The summed E-state index contributed by atoms with van der Waals surface area (Å²) >= 11 is 0. The fourth-order valence-corrected chi connectivity index (χ4v) is 5.44. The number of aliphatic imine (C=N–C) groups is 1. The molecule has 0 saturated carbocycles. The molecule has 3 rings (SSSR count). The zero-order chi connectivity index (χ0) is 30.4. The maximum atomic E-state index is 13.0. The second-order valence-electron chi connectivity index (χ2n) is 10.8. The lowest BCUT2D eigenvalue weighted by Gasteiger charge is -2.42. The van der Waals surface area contributed by atoms with Crippen LogP contribution in [0.3, 0.4) is 0 Å². The second-order valence-corrected chi connectivity index (χ2v) is 10.8. The molecule has 1 aliphatic heterocycles. The molecule has 0 aromatic heterocycles. The highest BCUT2D eigenvalue weighted by Crippen LogP contribution is 2.42. The Kier molecular flexibility index (Phi) is 12.5. The summed E-state index contributed by atoms with van der Waals surface area (Å²) in [5, 5.41) is 10.1. The molecule has 1 aromatic rings. The minimum Gasteiger partial charge on any atom is -0.309 e. The van der Waals surface area contributed by atoms with E-state index in [1.165, 1.54) is 5.57 Å². The van der Waals surface area contributed by atoms with Crippen molar-refractivity contribution in [1.29, 1.82) is 5.26 Å². The topological polar surface area (TPSA) is 59.7 Å². The summed E-state index contributed by atoms with van der Waals surface area (Å²) < 4.78 is 0. The van der Waals surface area contributed by atoms with Crippen molar-refractivity contribution in [1.82, 2.24) is 4.90 Å². The Balaban J connectivity index is 1.80. The normalized spacial score (nSPS) is 17.7. The molecule has 1 amide bonds. The molecular formula is C37H44N4O. The van der Waals surface area contributed by atoms with Crippen molar-refractivity contribution in [3.05, 3.63) is 119 Å². The van der Waals surface area contributed by atoms with Gasteiger partial charge in [-0.05, 0) is 100 Å². The van der Waals surface area contributed by atoms with Gasteiger partial charge in [-0.3, -0.25) is 14.7 Å². The predicted octanol–water partition coefficient (Wildman–Crippen LogP) is 7.92. The maximum absolute atomic E-state index is 13.0. The SMILES string of the molecule is C\C=C/C=N\C(=C\C)CN1CCC(C)(c2c(C#N)cccc2N(C/C=C\C/C(=C\C)C2=C=CC=CC=C2)C(C)=O)CC1. The summed E-state index contributed by atoms with van der Waals surface area (Å²) in [6, 6.07) is 8.19. The first-order chi connectivity index (χ1) is 20.4. The highest BCUT2D eigenvalue weighted by Gasteiger charge is 2.37. The molecule has 1 heterocycles. The maximum Gasteiger partial charge on any atom is 0.224 e. The summed E-state index contributed by atoms with van der Waals surface area (Å²) in [5.41, 5.74) is 8.84. The monoisotopic (exact) mass is 560 g/mol. The quantitative estimate of drug-likeness (QED) is 0.157. The van der Waals surface area contributed by atoms with Crippen molar-refractivity contribution in [2.45, 2.75) is 59.3 Å². The third-order valence-electron chi connectivity index (χ3n) is 7.94. The minimum atomic E-state index is -0.226. The third kappa shape index (κ3) is 8.63. The van der Waals surface area contributed by atoms with Crippen LogP contribution < -0.4 is 4.90 Å². The number of allylic oxidation sites excluding steroid dienone is 11. The predicted molar refractivity (Wildman–Crippen MR) is 177 cm³/mol. The van der Waals surface area contributed by atoms with Gasteiger partial charge in [0.25, 0.3) is 0 Å². The average molecular weight is 561 g/mol. The standard InChI is InChI=1S/C37H44N4O/c1-6-9-24-39-34(8-3)29-40-26-22-37(5,23-27-40)36-33(28-38)20-16-21-35(36)41(30(4)42)25-15-14-17-31(7-2)32-18-12-10-11-13-19-32/h6-16,18,20-21,24H,17,22-23,25-27,29H2,1-5H3/b9-6-,15-14-,31-7+,34-8+,39-24-. The van der Waals surface area contributed by atoms with Gasteiger partial charge in [0.1, 0.15) is 0 Å². The Morgan fingerprint density at radius 2 is 1.93 bits per heavy atom. The van der Waals surface area contributed by atoms with E-state index in [9.17, 15) is 10.1 Å². The summed E-state index contributed by atoms with van der Waals surface area (Å²) in [6.45, 7) is 12.9. The number of hydrogen-bond acceptors (Lipinski definition) is 4. The zero-order valence-corrected chi connectivity index (χ0v) is 25.8. The van der Waals surface area contributed by atoms with Crippen LogP contribution in [0.1, 0.15) is 65.0 Å². The molecule has 1 fully saturated rings. The van der Waals surface area contributed by atoms with Crippen molar-refractivity contribution in [3.63, 3.8) is 0 Å². The molecule has 0 N–H and O–H groups in total. The molecule has 5 nitrogen and oxygen atoms in total. The number of rotatable bonds is 11. The molecule has 218 valence electrons. The van der Waals surface area contributed by atoms with Crippen LogP contribution in [-0.4, -0.2) is 43.2 Å². The number of likely N-dealkylation sites (tertiary alicyclic amines) is 1. The van der Waals surface area contributed by atoms with Gasteiger partial charge in [0.15, 0.2) is 0 Å². The van der Waals surface area contributed by atoms with Crippen LogP contribution in [0.4, 0.5) is 5.69 Å². The number of piperidine rings is 1. The van der Waals surface area contributed by atoms with Crippen molar-refractivity contribution in [2.75, 3.05) is 31.1 Å².